The summed E-state index contributed by atoms with van der Waals surface area (Å²) in [4.78, 5) is 0. The molecule has 1 fully saturated rings. The maximum absolute atomic E-state index is 10.1. The van der Waals surface area contributed by atoms with Gasteiger partial charge < -0.3 is 20.3 Å². The highest BCUT2D eigenvalue weighted by atomic mass is 35.5. The number of rotatable bonds is 4. The van der Waals surface area contributed by atoms with Gasteiger partial charge in [-0.05, 0) is 18.8 Å². The van der Waals surface area contributed by atoms with Crippen LogP contribution in [-0.4, -0.2) is 19.3 Å². The molecule has 3 N–H and O–H groups in total. The summed E-state index contributed by atoms with van der Waals surface area (Å²) in [7, 11) is 3.14. The molecule has 1 aliphatic carbocycles. The Morgan fingerprint density at radius 1 is 1.21 bits per heavy atom. The van der Waals surface area contributed by atoms with Crippen molar-refractivity contribution >= 4 is 12.4 Å². The van der Waals surface area contributed by atoms with Crippen LogP contribution in [0.2, 0.25) is 0 Å². The topological polar surface area (TPSA) is 64.7 Å². The first kappa shape index (κ1) is 15.9. The van der Waals surface area contributed by atoms with Gasteiger partial charge in [0.2, 0.25) is 0 Å². The first-order valence-corrected chi connectivity index (χ1v) is 6.37. The van der Waals surface area contributed by atoms with Crippen LogP contribution in [0.3, 0.4) is 0 Å². The molecule has 0 aliphatic heterocycles. The minimum atomic E-state index is -0.173. The van der Waals surface area contributed by atoms with Gasteiger partial charge in [-0.3, -0.25) is 0 Å². The molecule has 1 atom stereocenters. The molecule has 0 bridgehead atoms. The zero-order valence-electron chi connectivity index (χ0n) is 11.4. The normalized spacial score (nSPS) is 16.8. The van der Waals surface area contributed by atoms with Gasteiger partial charge >= 0.3 is 0 Å². The molecule has 4 nitrogen and oxygen atoms in total. The van der Waals surface area contributed by atoms with Crippen LogP contribution in [0.1, 0.15) is 37.3 Å². The monoisotopic (exact) mass is 287 g/mol. The Morgan fingerprint density at radius 3 is 2.37 bits per heavy atom. The summed E-state index contributed by atoms with van der Waals surface area (Å²) in [5.41, 5.74) is 6.99. The number of hydrogen-bond donors (Lipinski definition) is 2. The molecule has 19 heavy (non-hydrogen) atoms. The first-order valence-electron chi connectivity index (χ1n) is 6.37. The van der Waals surface area contributed by atoms with Crippen LogP contribution < -0.4 is 15.2 Å². The van der Waals surface area contributed by atoms with Crippen molar-refractivity contribution in [2.24, 2.45) is 11.7 Å². The molecule has 1 aromatic carbocycles. The Bertz CT molecular complexity index is 419. The molecule has 0 saturated heterocycles. The largest absolute Gasteiger partial charge is 0.507 e. The fourth-order valence-electron chi connectivity index (χ4n) is 2.76. The number of halogens is 1. The number of ether oxygens (including phenoxy) is 2. The van der Waals surface area contributed by atoms with Gasteiger partial charge in [-0.15, -0.1) is 12.4 Å². The SMILES string of the molecule is COc1cc(O)c([C@@H](N)C2CCCC2)c(OC)c1.Cl. The molecule has 0 amide bonds. The van der Waals surface area contributed by atoms with Crippen LogP contribution in [0, 0.1) is 5.92 Å². The van der Waals surface area contributed by atoms with Gasteiger partial charge in [0.1, 0.15) is 17.2 Å². The molecule has 108 valence electrons. The third-order valence-corrected chi connectivity index (χ3v) is 3.79. The lowest BCUT2D eigenvalue weighted by molar-refractivity contribution is 0.358. The molecule has 2 rings (SSSR count). The van der Waals surface area contributed by atoms with E-state index >= 15 is 0 Å². The molecule has 1 aromatic rings. The minimum Gasteiger partial charge on any atom is -0.507 e. The van der Waals surface area contributed by atoms with E-state index in [-0.39, 0.29) is 24.2 Å². The second kappa shape index (κ2) is 6.87. The van der Waals surface area contributed by atoms with Crippen LogP contribution in [0.15, 0.2) is 12.1 Å². The van der Waals surface area contributed by atoms with Gasteiger partial charge in [0.05, 0.1) is 19.8 Å². The van der Waals surface area contributed by atoms with E-state index in [0.29, 0.717) is 23.0 Å². The fourth-order valence-corrected chi connectivity index (χ4v) is 2.76. The molecular weight excluding hydrogens is 266 g/mol. The predicted molar refractivity (Wildman–Crippen MR) is 77.3 cm³/mol. The van der Waals surface area contributed by atoms with E-state index in [1.807, 2.05) is 0 Å². The average molecular weight is 288 g/mol. The lowest BCUT2D eigenvalue weighted by Gasteiger charge is -2.23. The van der Waals surface area contributed by atoms with Crippen molar-refractivity contribution in [3.05, 3.63) is 17.7 Å². The summed E-state index contributed by atoms with van der Waals surface area (Å²) in [5.74, 6) is 1.77. The molecule has 1 aliphatic rings. The van der Waals surface area contributed by atoms with Crippen molar-refractivity contribution in [1.82, 2.24) is 0 Å². The summed E-state index contributed by atoms with van der Waals surface area (Å²) < 4.78 is 10.4. The summed E-state index contributed by atoms with van der Waals surface area (Å²) in [5, 5.41) is 10.1. The molecule has 1 saturated carbocycles. The van der Waals surface area contributed by atoms with E-state index in [0.717, 1.165) is 12.8 Å². The third kappa shape index (κ3) is 3.25. The maximum atomic E-state index is 10.1. The molecular formula is C14H22ClNO3. The number of phenols is 1. The summed E-state index contributed by atoms with van der Waals surface area (Å²) in [6, 6.07) is 3.18. The second-order valence-electron chi connectivity index (χ2n) is 4.83. The van der Waals surface area contributed by atoms with Crippen LogP contribution >= 0.6 is 12.4 Å². The number of nitrogens with two attached hydrogens (primary N) is 1. The van der Waals surface area contributed by atoms with Crippen LogP contribution in [0.5, 0.6) is 17.2 Å². The van der Waals surface area contributed by atoms with Crippen LogP contribution in [0.4, 0.5) is 0 Å². The summed E-state index contributed by atoms with van der Waals surface area (Å²) >= 11 is 0. The number of methoxy groups -OCH3 is 2. The van der Waals surface area contributed by atoms with E-state index in [9.17, 15) is 5.11 Å². The Kier molecular flexibility index (Phi) is 5.76. The number of hydrogen-bond acceptors (Lipinski definition) is 4. The van der Waals surface area contributed by atoms with Crippen LogP contribution in [-0.2, 0) is 0 Å². The van der Waals surface area contributed by atoms with Crippen molar-refractivity contribution in [3.63, 3.8) is 0 Å². The van der Waals surface area contributed by atoms with E-state index in [2.05, 4.69) is 0 Å². The summed E-state index contributed by atoms with van der Waals surface area (Å²) in [6.45, 7) is 0. The Balaban J connectivity index is 0.00000180. The number of phenolic OH excluding ortho intramolecular Hbond substituents is 1. The van der Waals surface area contributed by atoms with Gasteiger partial charge in [0, 0.05) is 18.2 Å². The van der Waals surface area contributed by atoms with E-state index in [4.69, 9.17) is 15.2 Å². The van der Waals surface area contributed by atoms with E-state index < -0.39 is 0 Å². The number of aromatic hydroxyl groups is 1. The van der Waals surface area contributed by atoms with Crippen molar-refractivity contribution in [2.45, 2.75) is 31.7 Å². The standard InChI is InChI=1S/C14H21NO3.ClH/c1-17-10-7-11(16)13(12(8-10)18-2)14(15)9-5-3-4-6-9;/h7-9,14,16H,3-6,15H2,1-2H3;1H/t14-;/m0./s1. The van der Waals surface area contributed by atoms with E-state index in [1.165, 1.54) is 12.8 Å². The lowest BCUT2D eigenvalue weighted by Crippen LogP contribution is -2.20. The van der Waals surface area contributed by atoms with Crippen LogP contribution in [0.25, 0.3) is 0 Å². The number of benzene rings is 1. The smallest absolute Gasteiger partial charge is 0.131 e. The second-order valence-corrected chi connectivity index (χ2v) is 4.83. The molecule has 0 heterocycles. The maximum Gasteiger partial charge on any atom is 0.131 e. The molecule has 0 aromatic heterocycles. The average Bonchev–Trinajstić information content (AvgIpc) is 2.90. The van der Waals surface area contributed by atoms with Crippen molar-refractivity contribution in [2.75, 3.05) is 14.2 Å². The van der Waals surface area contributed by atoms with Gasteiger partial charge in [0.15, 0.2) is 0 Å². The third-order valence-electron chi connectivity index (χ3n) is 3.79. The molecule has 0 unspecified atom stereocenters. The van der Waals surface area contributed by atoms with Gasteiger partial charge in [-0.2, -0.15) is 0 Å². The Morgan fingerprint density at radius 2 is 1.84 bits per heavy atom. The molecule has 0 radical (unpaired) electrons. The minimum absolute atomic E-state index is 0. The fraction of sp³-hybridized carbons (Fsp3) is 0.571. The predicted octanol–water partition coefficient (Wildman–Crippen LogP) is 3.02. The zero-order chi connectivity index (χ0) is 13.1. The summed E-state index contributed by atoms with van der Waals surface area (Å²) in [6.07, 6.45) is 4.68. The van der Waals surface area contributed by atoms with Crippen molar-refractivity contribution in [3.8, 4) is 17.2 Å². The highest BCUT2D eigenvalue weighted by Crippen LogP contribution is 2.43. The van der Waals surface area contributed by atoms with Crippen molar-refractivity contribution in [1.29, 1.82) is 0 Å². The van der Waals surface area contributed by atoms with Gasteiger partial charge in [-0.25, -0.2) is 0 Å². The highest BCUT2D eigenvalue weighted by Gasteiger charge is 2.28. The lowest BCUT2D eigenvalue weighted by atomic mass is 9.91. The molecule has 5 heteroatoms. The Labute approximate surface area is 120 Å². The Hall–Kier alpha value is -1.13. The molecule has 0 spiro atoms. The van der Waals surface area contributed by atoms with Crippen molar-refractivity contribution < 1.29 is 14.6 Å². The highest BCUT2D eigenvalue weighted by molar-refractivity contribution is 5.85. The zero-order valence-corrected chi connectivity index (χ0v) is 12.2. The first-order chi connectivity index (χ1) is 8.67. The van der Waals surface area contributed by atoms with E-state index in [1.54, 1.807) is 26.4 Å². The van der Waals surface area contributed by atoms with Gasteiger partial charge in [-0.1, -0.05) is 12.8 Å². The quantitative estimate of drug-likeness (QED) is 0.893. The van der Waals surface area contributed by atoms with Gasteiger partial charge in [0.25, 0.3) is 0 Å².